The second-order valence-electron chi connectivity index (χ2n) is 4.58. The quantitative estimate of drug-likeness (QED) is 0.470. The normalized spacial score (nSPS) is 10.5. The van der Waals surface area contributed by atoms with Gasteiger partial charge in [0.25, 0.3) is 0 Å². The van der Waals surface area contributed by atoms with Gasteiger partial charge in [-0.3, -0.25) is 4.98 Å². The summed E-state index contributed by atoms with van der Waals surface area (Å²) in [5, 5.41) is 0. The molecule has 1 rings (SSSR count). The molecule has 0 aliphatic rings. The van der Waals surface area contributed by atoms with Crippen LogP contribution in [0.1, 0.15) is 51.4 Å². The Morgan fingerprint density at radius 2 is 1.39 bits per heavy atom. The van der Waals surface area contributed by atoms with Crippen LogP contribution >= 0.6 is 12.6 Å². The molecule has 0 saturated carbocycles. The van der Waals surface area contributed by atoms with Gasteiger partial charge in [0.2, 0.25) is 0 Å². The predicted octanol–water partition coefficient (Wildman–Crippen LogP) is 4.51. The zero-order valence-corrected chi connectivity index (χ0v) is 12.1. The molecular weight excluding hydrogens is 242 g/mol. The molecule has 102 valence electrons. The molecule has 0 aliphatic heterocycles. The molecule has 0 aromatic carbocycles. The minimum absolute atomic E-state index is 0.823. The Bertz CT molecular complexity index is 279. The van der Waals surface area contributed by atoms with Crippen LogP contribution in [0.15, 0.2) is 24.5 Å². The van der Waals surface area contributed by atoms with Gasteiger partial charge in [-0.1, -0.05) is 38.5 Å². The number of ether oxygens (including phenoxy) is 1. The highest BCUT2D eigenvalue weighted by Gasteiger charge is 1.94. The molecule has 1 heterocycles. The van der Waals surface area contributed by atoms with Crippen LogP contribution in [-0.2, 0) is 0 Å². The van der Waals surface area contributed by atoms with Crippen LogP contribution in [0.4, 0.5) is 0 Å². The Kier molecular flexibility index (Phi) is 9.72. The number of hydrogen-bond donors (Lipinski definition) is 1. The highest BCUT2D eigenvalue weighted by molar-refractivity contribution is 7.80. The lowest BCUT2D eigenvalue weighted by atomic mass is 10.1. The van der Waals surface area contributed by atoms with E-state index in [-0.39, 0.29) is 0 Å². The SMILES string of the molecule is SCCCCCCCCCCOc1ccncc1. The Hall–Kier alpha value is -0.700. The minimum atomic E-state index is 0.823. The lowest BCUT2D eigenvalue weighted by molar-refractivity contribution is 0.304. The molecule has 1 aromatic heterocycles. The standard InChI is InChI=1S/C15H25NOS/c18-14-8-6-4-2-1-3-5-7-13-17-15-9-11-16-12-10-15/h9-12,18H,1-8,13-14H2. The first-order valence-corrected chi connectivity index (χ1v) is 7.70. The second-order valence-corrected chi connectivity index (χ2v) is 5.03. The first kappa shape index (κ1) is 15.4. The maximum Gasteiger partial charge on any atom is 0.122 e. The van der Waals surface area contributed by atoms with Crippen LogP contribution in [0.25, 0.3) is 0 Å². The van der Waals surface area contributed by atoms with Gasteiger partial charge < -0.3 is 4.74 Å². The molecule has 0 unspecified atom stereocenters. The first-order chi connectivity index (χ1) is 8.93. The molecule has 0 atom stereocenters. The van der Waals surface area contributed by atoms with Crippen molar-refractivity contribution in [2.24, 2.45) is 0 Å². The second kappa shape index (κ2) is 11.4. The number of thiol groups is 1. The lowest BCUT2D eigenvalue weighted by Crippen LogP contribution is -1.97. The molecule has 0 saturated heterocycles. The lowest BCUT2D eigenvalue weighted by Gasteiger charge is -2.05. The summed E-state index contributed by atoms with van der Waals surface area (Å²) in [5.74, 6) is 1.96. The van der Waals surface area contributed by atoms with E-state index in [1.807, 2.05) is 12.1 Å². The van der Waals surface area contributed by atoms with Gasteiger partial charge in [0.15, 0.2) is 0 Å². The average molecular weight is 267 g/mol. The zero-order chi connectivity index (χ0) is 12.9. The van der Waals surface area contributed by atoms with Gasteiger partial charge in [-0.25, -0.2) is 0 Å². The summed E-state index contributed by atoms with van der Waals surface area (Å²) in [6, 6.07) is 3.81. The molecular formula is C15H25NOS. The number of nitrogens with zero attached hydrogens (tertiary/aromatic N) is 1. The monoisotopic (exact) mass is 267 g/mol. The fraction of sp³-hybridized carbons (Fsp3) is 0.667. The summed E-state index contributed by atoms with van der Waals surface area (Å²) in [4.78, 5) is 3.96. The highest BCUT2D eigenvalue weighted by atomic mass is 32.1. The molecule has 0 amide bonds. The van der Waals surface area contributed by atoms with Gasteiger partial charge in [-0.15, -0.1) is 0 Å². The molecule has 0 spiro atoms. The van der Waals surface area contributed by atoms with Crippen molar-refractivity contribution >= 4 is 12.6 Å². The van der Waals surface area contributed by atoms with Crippen LogP contribution in [-0.4, -0.2) is 17.3 Å². The predicted molar refractivity (Wildman–Crippen MR) is 80.5 cm³/mol. The van der Waals surface area contributed by atoms with Crippen LogP contribution in [0.5, 0.6) is 5.75 Å². The van der Waals surface area contributed by atoms with Crippen molar-refractivity contribution in [2.75, 3.05) is 12.4 Å². The number of hydrogen-bond acceptors (Lipinski definition) is 3. The average Bonchev–Trinajstić information content (AvgIpc) is 2.42. The summed E-state index contributed by atoms with van der Waals surface area (Å²) >= 11 is 4.21. The third kappa shape index (κ3) is 8.40. The maximum atomic E-state index is 5.62. The van der Waals surface area contributed by atoms with E-state index in [0.717, 1.165) is 24.5 Å². The van der Waals surface area contributed by atoms with Gasteiger partial charge in [0, 0.05) is 12.4 Å². The van der Waals surface area contributed by atoms with Crippen LogP contribution in [0.3, 0.4) is 0 Å². The van der Waals surface area contributed by atoms with E-state index in [0.29, 0.717) is 0 Å². The number of aromatic nitrogens is 1. The molecule has 2 nitrogen and oxygen atoms in total. The molecule has 3 heteroatoms. The molecule has 0 fully saturated rings. The van der Waals surface area contributed by atoms with Crippen LogP contribution in [0.2, 0.25) is 0 Å². The summed E-state index contributed by atoms with van der Waals surface area (Å²) in [5.41, 5.74) is 0. The van der Waals surface area contributed by atoms with E-state index in [1.54, 1.807) is 12.4 Å². The van der Waals surface area contributed by atoms with Crippen LogP contribution < -0.4 is 4.74 Å². The van der Waals surface area contributed by atoms with Crippen molar-refractivity contribution in [3.05, 3.63) is 24.5 Å². The van der Waals surface area contributed by atoms with E-state index in [1.165, 1.54) is 44.9 Å². The molecule has 0 radical (unpaired) electrons. The van der Waals surface area contributed by atoms with Crippen molar-refractivity contribution in [3.8, 4) is 5.75 Å². The van der Waals surface area contributed by atoms with Gasteiger partial charge in [-0.2, -0.15) is 12.6 Å². The Balaban J connectivity index is 1.82. The third-order valence-electron chi connectivity index (χ3n) is 2.97. The minimum Gasteiger partial charge on any atom is -0.493 e. The third-order valence-corrected chi connectivity index (χ3v) is 3.29. The van der Waals surface area contributed by atoms with Crippen molar-refractivity contribution in [2.45, 2.75) is 51.4 Å². The van der Waals surface area contributed by atoms with E-state index in [4.69, 9.17) is 4.74 Å². The molecule has 18 heavy (non-hydrogen) atoms. The molecule has 1 aromatic rings. The topological polar surface area (TPSA) is 22.1 Å². The van der Waals surface area contributed by atoms with Crippen molar-refractivity contribution in [1.82, 2.24) is 4.98 Å². The molecule has 0 bridgehead atoms. The smallest absolute Gasteiger partial charge is 0.122 e. The largest absolute Gasteiger partial charge is 0.493 e. The number of unbranched alkanes of at least 4 members (excludes halogenated alkanes) is 7. The summed E-state index contributed by atoms with van der Waals surface area (Å²) in [6.07, 6.45) is 14.0. The number of pyridine rings is 1. The zero-order valence-electron chi connectivity index (χ0n) is 11.2. The maximum absolute atomic E-state index is 5.62. The summed E-state index contributed by atoms with van der Waals surface area (Å²) in [7, 11) is 0. The Labute approximate surface area is 117 Å². The first-order valence-electron chi connectivity index (χ1n) is 7.07. The molecule has 0 N–H and O–H groups in total. The van der Waals surface area contributed by atoms with E-state index < -0.39 is 0 Å². The highest BCUT2D eigenvalue weighted by Crippen LogP contribution is 2.11. The van der Waals surface area contributed by atoms with Gasteiger partial charge in [0.1, 0.15) is 5.75 Å². The van der Waals surface area contributed by atoms with Crippen LogP contribution in [0, 0.1) is 0 Å². The van der Waals surface area contributed by atoms with Gasteiger partial charge >= 0.3 is 0 Å². The fourth-order valence-corrected chi connectivity index (χ4v) is 2.12. The van der Waals surface area contributed by atoms with E-state index in [2.05, 4.69) is 17.6 Å². The van der Waals surface area contributed by atoms with Crippen molar-refractivity contribution in [1.29, 1.82) is 0 Å². The Morgan fingerprint density at radius 1 is 0.833 bits per heavy atom. The van der Waals surface area contributed by atoms with E-state index >= 15 is 0 Å². The van der Waals surface area contributed by atoms with E-state index in [9.17, 15) is 0 Å². The Morgan fingerprint density at radius 3 is 2.00 bits per heavy atom. The van der Waals surface area contributed by atoms with Gasteiger partial charge in [0.05, 0.1) is 6.61 Å². The fourth-order valence-electron chi connectivity index (χ4n) is 1.90. The summed E-state index contributed by atoms with van der Waals surface area (Å²) in [6.45, 7) is 0.823. The van der Waals surface area contributed by atoms with Gasteiger partial charge in [-0.05, 0) is 30.7 Å². The number of rotatable bonds is 11. The van der Waals surface area contributed by atoms with Crippen molar-refractivity contribution in [3.63, 3.8) is 0 Å². The molecule has 0 aliphatic carbocycles. The summed E-state index contributed by atoms with van der Waals surface area (Å²) < 4.78 is 5.62. The van der Waals surface area contributed by atoms with Crippen molar-refractivity contribution < 1.29 is 4.74 Å².